The molecule has 1 aliphatic rings. The van der Waals surface area contributed by atoms with Gasteiger partial charge < -0.3 is 4.90 Å². The molecule has 1 fully saturated rings. The standard InChI is InChI=1S/C11H11ClN2S/c12-8-3-4-13-9-7-10(15-11(8)9)14-5-1-2-6-14/h3-4,7H,1-2,5-6H2. The molecule has 0 aromatic carbocycles. The van der Waals surface area contributed by atoms with Crippen LogP contribution in [0.2, 0.25) is 5.02 Å². The van der Waals surface area contributed by atoms with Gasteiger partial charge in [0.25, 0.3) is 0 Å². The summed E-state index contributed by atoms with van der Waals surface area (Å²) in [5, 5.41) is 2.12. The van der Waals surface area contributed by atoms with Gasteiger partial charge in [-0.15, -0.1) is 11.3 Å². The van der Waals surface area contributed by atoms with Gasteiger partial charge in [0.2, 0.25) is 0 Å². The van der Waals surface area contributed by atoms with E-state index in [9.17, 15) is 0 Å². The smallest absolute Gasteiger partial charge is 0.0937 e. The molecule has 0 amide bonds. The van der Waals surface area contributed by atoms with E-state index in [0.29, 0.717) is 0 Å². The maximum Gasteiger partial charge on any atom is 0.0937 e. The summed E-state index contributed by atoms with van der Waals surface area (Å²) in [6.45, 7) is 2.34. The van der Waals surface area contributed by atoms with Crippen LogP contribution in [0.5, 0.6) is 0 Å². The van der Waals surface area contributed by atoms with Crippen molar-refractivity contribution in [1.29, 1.82) is 0 Å². The molecular formula is C11H11ClN2S. The number of hydrogen-bond donors (Lipinski definition) is 0. The summed E-state index contributed by atoms with van der Waals surface area (Å²) in [5.41, 5.74) is 1.02. The molecule has 3 rings (SSSR count). The minimum absolute atomic E-state index is 0.815. The SMILES string of the molecule is Clc1ccnc2cc(N3CCCC3)sc12. The highest BCUT2D eigenvalue weighted by Crippen LogP contribution is 2.36. The molecule has 0 N–H and O–H groups in total. The fraction of sp³-hybridized carbons (Fsp3) is 0.364. The van der Waals surface area contributed by atoms with Crippen molar-refractivity contribution >= 4 is 38.2 Å². The number of rotatable bonds is 1. The van der Waals surface area contributed by atoms with Crippen LogP contribution >= 0.6 is 22.9 Å². The van der Waals surface area contributed by atoms with Crippen LogP contribution in [0.3, 0.4) is 0 Å². The summed E-state index contributed by atoms with van der Waals surface area (Å²) in [6.07, 6.45) is 4.37. The molecule has 1 saturated heterocycles. The molecule has 15 heavy (non-hydrogen) atoms. The van der Waals surface area contributed by atoms with Crippen LogP contribution in [0.15, 0.2) is 18.3 Å². The predicted molar refractivity (Wildman–Crippen MR) is 66.1 cm³/mol. The van der Waals surface area contributed by atoms with Gasteiger partial charge in [0.05, 0.1) is 20.2 Å². The molecule has 2 aromatic heterocycles. The fourth-order valence-electron chi connectivity index (χ4n) is 1.99. The van der Waals surface area contributed by atoms with Gasteiger partial charge in [0, 0.05) is 19.3 Å². The first kappa shape index (κ1) is 9.43. The van der Waals surface area contributed by atoms with Gasteiger partial charge in [-0.2, -0.15) is 0 Å². The van der Waals surface area contributed by atoms with Crippen LogP contribution < -0.4 is 4.90 Å². The van der Waals surface area contributed by atoms with E-state index in [4.69, 9.17) is 11.6 Å². The minimum Gasteiger partial charge on any atom is -0.363 e. The molecule has 0 saturated carbocycles. The molecule has 2 aromatic rings. The second-order valence-corrected chi connectivity index (χ2v) is 5.22. The van der Waals surface area contributed by atoms with Crippen LogP contribution in [-0.2, 0) is 0 Å². The normalized spacial score (nSPS) is 16.5. The Morgan fingerprint density at radius 2 is 2.13 bits per heavy atom. The number of aromatic nitrogens is 1. The largest absolute Gasteiger partial charge is 0.363 e. The second kappa shape index (κ2) is 3.65. The van der Waals surface area contributed by atoms with Gasteiger partial charge >= 0.3 is 0 Å². The molecule has 2 nitrogen and oxygen atoms in total. The highest BCUT2D eigenvalue weighted by atomic mass is 35.5. The monoisotopic (exact) mass is 238 g/mol. The molecule has 0 aliphatic carbocycles. The maximum atomic E-state index is 6.13. The van der Waals surface area contributed by atoms with Crippen molar-refractivity contribution in [2.24, 2.45) is 0 Å². The van der Waals surface area contributed by atoms with E-state index >= 15 is 0 Å². The number of thiophene rings is 1. The third-order valence-electron chi connectivity index (χ3n) is 2.77. The zero-order valence-corrected chi connectivity index (χ0v) is 9.81. The van der Waals surface area contributed by atoms with Crippen molar-refractivity contribution in [1.82, 2.24) is 4.98 Å². The molecule has 0 atom stereocenters. The minimum atomic E-state index is 0.815. The molecule has 1 aliphatic heterocycles. The van der Waals surface area contributed by atoms with Gasteiger partial charge in [0.15, 0.2) is 0 Å². The topological polar surface area (TPSA) is 16.1 Å². The first-order valence-corrected chi connectivity index (χ1v) is 6.33. The Bertz CT molecular complexity index is 488. The van der Waals surface area contributed by atoms with E-state index < -0.39 is 0 Å². The van der Waals surface area contributed by atoms with Crippen molar-refractivity contribution in [2.75, 3.05) is 18.0 Å². The maximum absolute atomic E-state index is 6.13. The molecule has 0 spiro atoms. The number of pyridine rings is 1. The average molecular weight is 239 g/mol. The first-order chi connectivity index (χ1) is 7.34. The van der Waals surface area contributed by atoms with E-state index in [1.54, 1.807) is 17.5 Å². The molecule has 0 bridgehead atoms. The van der Waals surface area contributed by atoms with Crippen LogP contribution in [0, 0.1) is 0 Å². The van der Waals surface area contributed by atoms with E-state index in [-0.39, 0.29) is 0 Å². The number of hydrogen-bond acceptors (Lipinski definition) is 3. The van der Waals surface area contributed by atoms with Gasteiger partial charge in [0.1, 0.15) is 0 Å². The van der Waals surface area contributed by atoms with Crippen molar-refractivity contribution in [3.8, 4) is 0 Å². The number of anilines is 1. The zero-order valence-electron chi connectivity index (χ0n) is 8.24. The molecule has 4 heteroatoms. The molecule has 0 unspecified atom stereocenters. The van der Waals surface area contributed by atoms with Crippen molar-refractivity contribution in [3.63, 3.8) is 0 Å². The lowest BCUT2D eigenvalue weighted by molar-refractivity contribution is 0.949. The Hall–Kier alpha value is -0.800. The lowest BCUT2D eigenvalue weighted by Crippen LogP contribution is -2.15. The zero-order chi connectivity index (χ0) is 10.3. The predicted octanol–water partition coefficient (Wildman–Crippen LogP) is 3.55. The average Bonchev–Trinajstić information content (AvgIpc) is 2.86. The highest BCUT2D eigenvalue weighted by molar-refractivity contribution is 7.23. The number of nitrogens with zero attached hydrogens (tertiary/aromatic N) is 2. The lowest BCUT2D eigenvalue weighted by Gasteiger charge is -2.13. The molecule has 0 radical (unpaired) electrons. The summed E-state index contributed by atoms with van der Waals surface area (Å²) in [7, 11) is 0. The lowest BCUT2D eigenvalue weighted by atomic mass is 10.4. The third kappa shape index (κ3) is 1.60. The van der Waals surface area contributed by atoms with Crippen LogP contribution in [0.4, 0.5) is 5.00 Å². The highest BCUT2D eigenvalue weighted by Gasteiger charge is 2.15. The summed E-state index contributed by atoms with van der Waals surface area (Å²) in [4.78, 5) is 6.75. The summed E-state index contributed by atoms with van der Waals surface area (Å²) in [5.74, 6) is 0. The van der Waals surface area contributed by atoms with Crippen LogP contribution in [-0.4, -0.2) is 18.1 Å². The van der Waals surface area contributed by atoms with E-state index in [0.717, 1.165) is 15.2 Å². The summed E-state index contributed by atoms with van der Waals surface area (Å²) in [6, 6.07) is 4.01. The van der Waals surface area contributed by atoms with Crippen LogP contribution in [0.25, 0.3) is 10.2 Å². The Morgan fingerprint density at radius 3 is 2.87 bits per heavy atom. The fourth-order valence-corrected chi connectivity index (χ4v) is 3.33. The molecule has 3 heterocycles. The van der Waals surface area contributed by atoms with Gasteiger partial charge in [-0.05, 0) is 25.0 Å². The molecular weight excluding hydrogens is 228 g/mol. The summed E-state index contributed by atoms with van der Waals surface area (Å²) >= 11 is 7.88. The van der Waals surface area contributed by atoms with E-state index in [1.807, 2.05) is 6.07 Å². The van der Waals surface area contributed by atoms with Gasteiger partial charge in [-0.1, -0.05) is 11.6 Å². The summed E-state index contributed by atoms with van der Waals surface area (Å²) < 4.78 is 1.11. The first-order valence-electron chi connectivity index (χ1n) is 5.13. The number of halogens is 1. The Morgan fingerprint density at radius 1 is 1.33 bits per heavy atom. The van der Waals surface area contributed by atoms with E-state index in [2.05, 4.69) is 16.0 Å². The van der Waals surface area contributed by atoms with Gasteiger partial charge in [-0.25, -0.2) is 0 Å². The van der Waals surface area contributed by atoms with Crippen molar-refractivity contribution in [3.05, 3.63) is 23.4 Å². The van der Waals surface area contributed by atoms with Crippen LogP contribution in [0.1, 0.15) is 12.8 Å². The Labute approximate surface area is 97.5 Å². The van der Waals surface area contributed by atoms with E-state index in [1.165, 1.54) is 30.9 Å². The van der Waals surface area contributed by atoms with Crippen molar-refractivity contribution in [2.45, 2.75) is 12.8 Å². The second-order valence-electron chi connectivity index (χ2n) is 3.79. The third-order valence-corrected chi connectivity index (χ3v) is 4.41. The Balaban J connectivity index is 2.09. The van der Waals surface area contributed by atoms with Crippen molar-refractivity contribution < 1.29 is 0 Å². The Kier molecular flexibility index (Phi) is 2.29. The van der Waals surface area contributed by atoms with Gasteiger partial charge in [-0.3, -0.25) is 4.98 Å². The quantitative estimate of drug-likeness (QED) is 0.755. The molecule has 78 valence electrons. The number of fused-ring (bicyclic) bond motifs is 1.